The third-order valence-electron chi connectivity index (χ3n) is 6.74. The first-order valence-corrected chi connectivity index (χ1v) is 10.3. The minimum absolute atomic E-state index is 0.190. The molecular weight excluding hydrogens is 312 g/mol. The SMILES string of the molecule is CCCCCC[C@@H](C)[C@@H]1C=C[C@H]2[C@@H](CCC[C@H]2OCOC)[C@]1(C)C=O. The van der Waals surface area contributed by atoms with Crippen molar-refractivity contribution in [2.45, 2.75) is 78.2 Å². The number of methoxy groups -OCH3 is 1. The molecule has 6 atom stereocenters. The summed E-state index contributed by atoms with van der Waals surface area (Å²) < 4.78 is 11.0. The lowest BCUT2D eigenvalue weighted by atomic mass is 9.54. The molecule has 1 saturated carbocycles. The second-order valence-electron chi connectivity index (χ2n) is 8.45. The van der Waals surface area contributed by atoms with E-state index < -0.39 is 0 Å². The molecule has 0 aromatic rings. The van der Waals surface area contributed by atoms with E-state index in [1.807, 2.05) is 0 Å². The highest BCUT2D eigenvalue weighted by Gasteiger charge is 2.50. The van der Waals surface area contributed by atoms with Crippen LogP contribution in [0.25, 0.3) is 0 Å². The molecule has 25 heavy (non-hydrogen) atoms. The van der Waals surface area contributed by atoms with Crippen LogP contribution < -0.4 is 0 Å². The number of unbranched alkanes of at least 4 members (excludes halogenated alkanes) is 3. The number of hydrogen-bond donors (Lipinski definition) is 0. The Labute approximate surface area is 154 Å². The maximum absolute atomic E-state index is 12.2. The lowest BCUT2D eigenvalue weighted by Gasteiger charge is -2.51. The van der Waals surface area contributed by atoms with Crippen molar-refractivity contribution >= 4 is 6.29 Å². The van der Waals surface area contributed by atoms with Gasteiger partial charge in [0.15, 0.2) is 0 Å². The minimum atomic E-state index is -0.265. The zero-order valence-corrected chi connectivity index (χ0v) is 16.7. The molecule has 3 heteroatoms. The van der Waals surface area contributed by atoms with E-state index in [1.54, 1.807) is 7.11 Å². The number of rotatable bonds is 10. The third kappa shape index (κ3) is 4.74. The van der Waals surface area contributed by atoms with Gasteiger partial charge in [0.05, 0.1) is 6.10 Å². The van der Waals surface area contributed by atoms with E-state index in [-0.39, 0.29) is 11.5 Å². The molecule has 0 heterocycles. The summed E-state index contributed by atoms with van der Waals surface area (Å²) in [6.07, 6.45) is 15.9. The van der Waals surface area contributed by atoms with E-state index in [9.17, 15) is 4.79 Å². The normalized spacial score (nSPS) is 36.0. The molecule has 0 amide bonds. The smallest absolute Gasteiger partial charge is 0.146 e. The van der Waals surface area contributed by atoms with Gasteiger partial charge >= 0.3 is 0 Å². The summed E-state index contributed by atoms with van der Waals surface area (Å²) in [7, 11) is 1.67. The summed E-state index contributed by atoms with van der Waals surface area (Å²) in [6.45, 7) is 7.14. The molecule has 2 aliphatic rings. The standard InChI is InChI=1S/C22H38O3/c1-5-6-7-8-10-17(2)19-14-13-18-20(22(19,3)15-23)11-9-12-21(18)25-16-24-4/h13-15,17-21H,5-12,16H2,1-4H3/t17-,18+,19+,20-,21-,22-/m1/s1. The fraction of sp³-hybridized carbons (Fsp3) is 0.864. The van der Waals surface area contributed by atoms with Crippen LogP contribution in [-0.2, 0) is 14.3 Å². The molecule has 2 aliphatic carbocycles. The van der Waals surface area contributed by atoms with Crippen LogP contribution in [0.5, 0.6) is 0 Å². The second kappa shape index (κ2) is 9.87. The van der Waals surface area contributed by atoms with Crippen molar-refractivity contribution in [2.75, 3.05) is 13.9 Å². The van der Waals surface area contributed by atoms with Crippen molar-refractivity contribution in [1.29, 1.82) is 0 Å². The van der Waals surface area contributed by atoms with E-state index in [1.165, 1.54) is 38.4 Å². The molecule has 144 valence electrons. The van der Waals surface area contributed by atoms with Crippen LogP contribution in [0.4, 0.5) is 0 Å². The average molecular weight is 351 g/mol. The predicted octanol–water partition coefficient (Wildman–Crippen LogP) is 5.39. The van der Waals surface area contributed by atoms with Crippen molar-refractivity contribution in [1.82, 2.24) is 0 Å². The van der Waals surface area contributed by atoms with Crippen LogP contribution in [0.1, 0.15) is 72.1 Å². The highest BCUT2D eigenvalue weighted by atomic mass is 16.7. The summed E-state index contributed by atoms with van der Waals surface area (Å²) in [6, 6.07) is 0. The Kier molecular flexibility index (Phi) is 8.15. The zero-order chi connectivity index (χ0) is 18.3. The molecular formula is C22H38O3. The minimum Gasteiger partial charge on any atom is -0.359 e. The molecule has 0 spiro atoms. The zero-order valence-electron chi connectivity index (χ0n) is 16.7. The third-order valence-corrected chi connectivity index (χ3v) is 6.74. The first-order valence-electron chi connectivity index (χ1n) is 10.3. The first-order chi connectivity index (χ1) is 12.1. The van der Waals surface area contributed by atoms with Gasteiger partial charge in [0, 0.05) is 18.4 Å². The Morgan fingerprint density at radius 3 is 2.72 bits per heavy atom. The van der Waals surface area contributed by atoms with Gasteiger partial charge in [-0.05, 0) is 30.6 Å². The Morgan fingerprint density at radius 1 is 1.24 bits per heavy atom. The van der Waals surface area contributed by atoms with E-state index in [0.717, 1.165) is 19.3 Å². The monoisotopic (exact) mass is 350 g/mol. The maximum Gasteiger partial charge on any atom is 0.146 e. The molecule has 0 unspecified atom stereocenters. The van der Waals surface area contributed by atoms with Crippen LogP contribution in [0, 0.1) is 29.1 Å². The summed E-state index contributed by atoms with van der Waals surface area (Å²) in [4.78, 5) is 12.2. The molecule has 0 aromatic heterocycles. The Bertz CT molecular complexity index is 433. The van der Waals surface area contributed by atoms with E-state index in [4.69, 9.17) is 9.47 Å². The lowest BCUT2D eigenvalue weighted by Crippen LogP contribution is -2.50. The Balaban J connectivity index is 2.10. The Hall–Kier alpha value is -0.670. The van der Waals surface area contributed by atoms with Gasteiger partial charge in [-0.25, -0.2) is 0 Å². The van der Waals surface area contributed by atoms with Gasteiger partial charge < -0.3 is 14.3 Å². The average Bonchev–Trinajstić information content (AvgIpc) is 2.63. The van der Waals surface area contributed by atoms with Gasteiger partial charge in [0.2, 0.25) is 0 Å². The van der Waals surface area contributed by atoms with Crippen molar-refractivity contribution in [3.8, 4) is 0 Å². The molecule has 0 N–H and O–H groups in total. The largest absolute Gasteiger partial charge is 0.359 e. The molecule has 0 radical (unpaired) electrons. The fourth-order valence-electron chi connectivity index (χ4n) is 5.26. The number of carbonyl (C=O) groups excluding carboxylic acids is 1. The van der Waals surface area contributed by atoms with Gasteiger partial charge in [0.25, 0.3) is 0 Å². The number of fused-ring (bicyclic) bond motifs is 1. The van der Waals surface area contributed by atoms with Crippen LogP contribution >= 0.6 is 0 Å². The second-order valence-corrected chi connectivity index (χ2v) is 8.45. The molecule has 0 bridgehead atoms. The van der Waals surface area contributed by atoms with Gasteiger partial charge in [-0.1, -0.05) is 71.4 Å². The van der Waals surface area contributed by atoms with Crippen LogP contribution in [0.2, 0.25) is 0 Å². The lowest BCUT2D eigenvalue weighted by molar-refractivity contribution is -0.139. The maximum atomic E-state index is 12.2. The van der Waals surface area contributed by atoms with Gasteiger partial charge in [-0.3, -0.25) is 0 Å². The molecule has 2 rings (SSSR count). The molecule has 0 aromatic carbocycles. The molecule has 0 saturated heterocycles. The molecule has 1 fully saturated rings. The summed E-state index contributed by atoms with van der Waals surface area (Å²) in [5.41, 5.74) is -0.265. The Morgan fingerprint density at radius 2 is 2.04 bits per heavy atom. The quantitative estimate of drug-likeness (QED) is 0.229. The summed E-state index contributed by atoms with van der Waals surface area (Å²) in [5, 5.41) is 0. The van der Waals surface area contributed by atoms with Gasteiger partial charge in [-0.2, -0.15) is 0 Å². The van der Waals surface area contributed by atoms with E-state index >= 15 is 0 Å². The summed E-state index contributed by atoms with van der Waals surface area (Å²) in [5.74, 6) is 1.66. The van der Waals surface area contributed by atoms with Crippen molar-refractivity contribution in [2.24, 2.45) is 29.1 Å². The topological polar surface area (TPSA) is 35.5 Å². The number of allylic oxidation sites excluding steroid dienone is 1. The van der Waals surface area contributed by atoms with Crippen molar-refractivity contribution in [3.63, 3.8) is 0 Å². The number of ether oxygens (including phenoxy) is 2. The molecule has 3 nitrogen and oxygen atoms in total. The number of carbonyl (C=O) groups is 1. The van der Waals surface area contributed by atoms with Gasteiger partial charge in [0.1, 0.15) is 13.1 Å². The predicted molar refractivity (Wildman–Crippen MR) is 102 cm³/mol. The summed E-state index contributed by atoms with van der Waals surface area (Å²) >= 11 is 0. The van der Waals surface area contributed by atoms with Gasteiger partial charge in [-0.15, -0.1) is 0 Å². The first kappa shape index (κ1) is 20.6. The van der Waals surface area contributed by atoms with Crippen LogP contribution in [-0.4, -0.2) is 26.3 Å². The van der Waals surface area contributed by atoms with E-state index in [0.29, 0.717) is 30.5 Å². The van der Waals surface area contributed by atoms with E-state index in [2.05, 4.69) is 32.9 Å². The highest BCUT2D eigenvalue weighted by Crippen LogP contribution is 2.52. The van der Waals surface area contributed by atoms with Crippen molar-refractivity contribution < 1.29 is 14.3 Å². The molecule has 0 aliphatic heterocycles. The fourth-order valence-corrected chi connectivity index (χ4v) is 5.26. The number of hydrogen-bond acceptors (Lipinski definition) is 3. The van der Waals surface area contributed by atoms with Crippen molar-refractivity contribution in [3.05, 3.63) is 12.2 Å². The highest BCUT2D eigenvalue weighted by molar-refractivity contribution is 5.61. The number of aldehydes is 1. The van der Waals surface area contributed by atoms with Crippen LogP contribution in [0.15, 0.2) is 12.2 Å². The van der Waals surface area contributed by atoms with Crippen LogP contribution in [0.3, 0.4) is 0 Å².